The van der Waals surface area contributed by atoms with Crippen LogP contribution in [0.15, 0.2) is 65.8 Å². The van der Waals surface area contributed by atoms with Crippen LogP contribution in [0.1, 0.15) is 17.5 Å². The number of carbonyl (C=O) groups is 1. The molecular weight excluding hydrogens is 358 g/mol. The molecule has 0 N–H and O–H groups in total. The van der Waals surface area contributed by atoms with Gasteiger partial charge in [0.1, 0.15) is 5.71 Å². The molecule has 120 valence electrons. The lowest BCUT2D eigenvalue weighted by Gasteiger charge is -2.13. The molecular formula is C18H18BrNO3. The number of esters is 1. The standard InChI is InChI=1S/C18H18BrNO3/c1-22-18(21)16(12-13-19)23-20-17(14-8-4-2-5-9-14)15-10-6-3-7-11-15/h2-11,16H,12-13H2,1H3. The van der Waals surface area contributed by atoms with Crippen LogP contribution in [-0.2, 0) is 14.4 Å². The first-order valence-electron chi connectivity index (χ1n) is 7.24. The SMILES string of the molecule is COC(=O)C(CCBr)ON=C(c1ccccc1)c1ccccc1. The summed E-state index contributed by atoms with van der Waals surface area (Å²) in [6.45, 7) is 0. The van der Waals surface area contributed by atoms with Crippen LogP contribution >= 0.6 is 15.9 Å². The average Bonchev–Trinajstić information content (AvgIpc) is 2.62. The topological polar surface area (TPSA) is 47.9 Å². The highest BCUT2D eigenvalue weighted by Crippen LogP contribution is 2.13. The van der Waals surface area contributed by atoms with Crippen LogP contribution in [0.2, 0.25) is 0 Å². The maximum Gasteiger partial charge on any atom is 0.349 e. The number of hydrogen-bond donors (Lipinski definition) is 0. The molecule has 4 nitrogen and oxygen atoms in total. The van der Waals surface area contributed by atoms with Crippen molar-refractivity contribution in [3.8, 4) is 0 Å². The van der Waals surface area contributed by atoms with Crippen LogP contribution in [0, 0.1) is 0 Å². The average molecular weight is 376 g/mol. The van der Waals surface area contributed by atoms with Gasteiger partial charge in [0.15, 0.2) is 0 Å². The third-order valence-electron chi connectivity index (χ3n) is 3.20. The molecule has 0 aliphatic rings. The smallest absolute Gasteiger partial charge is 0.349 e. The summed E-state index contributed by atoms with van der Waals surface area (Å²) in [5, 5.41) is 4.87. The van der Waals surface area contributed by atoms with Gasteiger partial charge in [0, 0.05) is 22.9 Å². The second-order valence-corrected chi connectivity index (χ2v) is 5.56. The summed E-state index contributed by atoms with van der Waals surface area (Å²) in [6, 6.07) is 19.4. The molecule has 2 aromatic rings. The molecule has 2 aromatic carbocycles. The Hall–Kier alpha value is -2.14. The zero-order valence-corrected chi connectivity index (χ0v) is 14.4. The van der Waals surface area contributed by atoms with Gasteiger partial charge in [0.05, 0.1) is 7.11 Å². The Balaban J connectivity index is 2.32. The second-order valence-electron chi connectivity index (χ2n) is 4.77. The van der Waals surface area contributed by atoms with E-state index in [1.165, 1.54) is 7.11 Å². The summed E-state index contributed by atoms with van der Waals surface area (Å²) in [5.74, 6) is -0.436. The number of carbonyl (C=O) groups excluding carboxylic acids is 1. The second kappa shape index (κ2) is 9.10. The van der Waals surface area contributed by atoms with Crippen molar-refractivity contribution in [3.05, 3.63) is 71.8 Å². The Morgan fingerprint density at radius 1 is 1.04 bits per heavy atom. The zero-order valence-electron chi connectivity index (χ0n) is 12.8. The maximum absolute atomic E-state index is 11.8. The van der Waals surface area contributed by atoms with Gasteiger partial charge in [-0.2, -0.15) is 0 Å². The lowest BCUT2D eigenvalue weighted by Crippen LogP contribution is -2.25. The lowest BCUT2D eigenvalue weighted by molar-refractivity contribution is -0.154. The van der Waals surface area contributed by atoms with Crippen LogP contribution in [0.3, 0.4) is 0 Å². The van der Waals surface area contributed by atoms with Crippen molar-refractivity contribution in [2.75, 3.05) is 12.4 Å². The number of halogens is 1. The fraction of sp³-hybridized carbons (Fsp3) is 0.222. The Morgan fingerprint density at radius 3 is 2.00 bits per heavy atom. The van der Waals surface area contributed by atoms with Gasteiger partial charge < -0.3 is 9.57 Å². The van der Waals surface area contributed by atoms with E-state index in [0.717, 1.165) is 11.1 Å². The number of nitrogens with zero attached hydrogens (tertiary/aromatic N) is 1. The number of alkyl halides is 1. The van der Waals surface area contributed by atoms with Crippen LogP contribution in [0.25, 0.3) is 0 Å². The Labute approximate surface area is 144 Å². The van der Waals surface area contributed by atoms with E-state index >= 15 is 0 Å². The first kappa shape index (κ1) is 17.2. The highest BCUT2D eigenvalue weighted by atomic mass is 79.9. The van der Waals surface area contributed by atoms with Crippen LogP contribution < -0.4 is 0 Å². The summed E-state index contributed by atoms with van der Waals surface area (Å²) < 4.78 is 4.75. The van der Waals surface area contributed by atoms with E-state index < -0.39 is 12.1 Å². The van der Waals surface area contributed by atoms with Crippen molar-refractivity contribution in [2.24, 2.45) is 5.16 Å². The molecule has 0 aromatic heterocycles. The van der Waals surface area contributed by atoms with Gasteiger partial charge in [-0.05, 0) is 0 Å². The van der Waals surface area contributed by atoms with Gasteiger partial charge in [0.2, 0.25) is 6.10 Å². The highest BCUT2D eigenvalue weighted by Gasteiger charge is 2.21. The fourth-order valence-electron chi connectivity index (χ4n) is 2.02. The minimum Gasteiger partial charge on any atom is -0.466 e. The predicted molar refractivity (Wildman–Crippen MR) is 93.8 cm³/mol. The molecule has 0 radical (unpaired) electrons. The largest absolute Gasteiger partial charge is 0.466 e. The first-order valence-corrected chi connectivity index (χ1v) is 8.37. The normalized spacial score (nSPS) is 11.4. The lowest BCUT2D eigenvalue weighted by atomic mass is 10.0. The molecule has 0 heterocycles. The van der Waals surface area contributed by atoms with Crippen LogP contribution in [0.5, 0.6) is 0 Å². The Morgan fingerprint density at radius 2 is 1.57 bits per heavy atom. The van der Waals surface area contributed by atoms with Gasteiger partial charge in [-0.25, -0.2) is 4.79 Å². The summed E-state index contributed by atoms with van der Waals surface area (Å²) >= 11 is 3.31. The van der Waals surface area contributed by atoms with Crippen molar-refractivity contribution < 1.29 is 14.4 Å². The predicted octanol–water partition coefficient (Wildman–Crippen LogP) is 3.78. The molecule has 0 aliphatic heterocycles. The molecule has 1 unspecified atom stereocenters. The van der Waals surface area contributed by atoms with Gasteiger partial charge >= 0.3 is 5.97 Å². The fourth-order valence-corrected chi connectivity index (χ4v) is 2.44. The number of methoxy groups -OCH3 is 1. The van der Waals surface area contributed by atoms with Crippen molar-refractivity contribution in [1.29, 1.82) is 0 Å². The summed E-state index contributed by atoms with van der Waals surface area (Å²) in [7, 11) is 1.34. The zero-order chi connectivity index (χ0) is 16.5. The number of ether oxygens (including phenoxy) is 1. The monoisotopic (exact) mass is 375 g/mol. The number of benzene rings is 2. The number of oxime groups is 1. The number of rotatable bonds is 7. The van der Waals surface area contributed by atoms with Crippen molar-refractivity contribution in [2.45, 2.75) is 12.5 Å². The molecule has 0 aliphatic carbocycles. The van der Waals surface area contributed by atoms with Gasteiger partial charge in [0.25, 0.3) is 0 Å². The van der Waals surface area contributed by atoms with E-state index in [1.54, 1.807) is 0 Å². The van der Waals surface area contributed by atoms with Crippen LogP contribution in [-0.4, -0.2) is 30.2 Å². The van der Waals surface area contributed by atoms with E-state index in [9.17, 15) is 4.79 Å². The first-order chi connectivity index (χ1) is 11.3. The molecule has 0 spiro atoms. The third-order valence-corrected chi connectivity index (χ3v) is 3.66. The molecule has 0 fully saturated rings. The summed E-state index contributed by atoms with van der Waals surface area (Å²) in [6.07, 6.45) is -0.255. The quantitative estimate of drug-likeness (QED) is 0.320. The van der Waals surface area contributed by atoms with Gasteiger partial charge in [-0.1, -0.05) is 81.7 Å². The molecule has 23 heavy (non-hydrogen) atoms. The molecule has 0 saturated heterocycles. The highest BCUT2D eigenvalue weighted by molar-refractivity contribution is 9.09. The summed E-state index contributed by atoms with van der Waals surface area (Å²) in [4.78, 5) is 17.2. The minimum absolute atomic E-state index is 0.436. The molecule has 2 rings (SSSR count). The van der Waals surface area contributed by atoms with Gasteiger partial charge in [-0.3, -0.25) is 0 Å². The maximum atomic E-state index is 11.8. The Kier molecular flexibility index (Phi) is 6.81. The molecule has 0 bridgehead atoms. The van der Waals surface area contributed by atoms with E-state index in [1.807, 2.05) is 60.7 Å². The molecule has 1 atom stereocenters. The molecule has 0 amide bonds. The van der Waals surface area contributed by atoms with Gasteiger partial charge in [-0.15, -0.1) is 0 Å². The summed E-state index contributed by atoms with van der Waals surface area (Å²) in [5.41, 5.74) is 2.51. The van der Waals surface area contributed by atoms with Crippen molar-refractivity contribution in [1.82, 2.24) is 0 Å². The van der Waals surface area contributed by atoms with Crippen molar-refractivity contribution in [3.63, 3.8) is 0 Å². The Bertz CT molecular complexity index is 602. The third kappa shape index (κ3) is 4.93. The minimum atomic E-state index is -0.734. The number of hydrogen-bond acceptors (Lipinski definition) is 4. The van der Waals surface area contributed by atoms with Crippen LogP contribution in [0.4, 0.5) is 0 Å². The van der Waals surface area contributed by atoms with Crippen molar-refractivity contribution >= 4 is 27.6 Å². The van der Waals surface area contributed by atoms with E-state index in [0.29, 0.717) is 17.5 Å². The van der Waals surface area contributed by atoms with E-state index in [2.05, 4.69) is 21.1 Å². The molecule has 0 saturated carbocycles. The molecule has 5 heteroatoms. The van der Waals surface area contributed by atoms with E-state index in [-0.39, 0.29) is 0 Å². The van der Waals surface area contributed by atoms with E-state index in [4.69, 9.17) is 9.57 Å².